The lowest BCUT2D eigenvalue weighted by Crippen LogP contribution is -2.53. The van der Waals surface area contributed by atoms with Crippen LogP contribution in [0.3, 0.4) is 0 Å². The number of amides is 1. The fraction of sp³-hybridized carbons (Fsp3) is 0.980. The van der Waals surface area contributed by atoms with Gasteiger partial charge in [-0.2, -0.15) is 0 Å². The summed E-state index contributed by atoms with van der Waals surface area (Å²) < 4.78 is 0. The third kappa shape index (κ3) is 38.6. The van der Waals surface area contributed by atoms with E-state index in [0.717, 1.165) is 38.5 Å². The topological polar surface area (TPSA) is 110 Å². The zero-order valence-electron chi connectivity index (χ0n) is 37.2. The third-order valence-electron chi connectivity index (χ3n) is 12.1. The Morgan fingerprint density at radius 3 is 0.873 bits per heavy atom. The van der Waals surface area contributed by atoms with Crippen LogP contribution in [0.1, 0.15) is 277 Å². The molecule has 0 saturated carbocycles. The molecule has 6 nitrogen and oxygen atoms in total. The van der Waals surface area contributed by atoms with Gasteiger partial charge in [0.2, 0.25) is 5.91 Å². The maximum absolute atomic E-state index is 12.5. The smallest absolute Gasteiger partial charge is 0.249 e. The van der Waals surface area contributed by atoms with E-state index >= 15 is 0 Å². The zero-order valence-corrected chi connectivity index (χ0v) is 37.2. The molecule has 1 amide bonds. The first kappa shape index (κ1) is 54.3. The van der Waals surface area contributed by atoms with Crippen molar-refractivity contribution in [3.63, 3.8) is 0 Å². The van der Waals surface area contributed by atoms with E-state index in [2.05, 4.69) is 19.2 Å². The summed E-state index contributed by atoms with van der Waals surface area (Å²) in [6.07, 6.45) is 48.7. The fourth-order valence-electron chi connectivity index (χ4n) is 8.11. The molecule has 0 aliphatic rings. The van der Waals surface area contributed by atoms with Crippen LogP contribution in [0, 0.1) is 0 Å². The maximum Gasteiger partial charge on any atom is 0.249 e. The molecule has 330 valence electrons. The van der Waals surface area contributed by atoms with Crippen LogP contribution in [-0.2, 0) is 4.79 Å². The summed E-state index contributed by atoms with van der Waals surface area (Å²) >= 11 is 0. The summed E-state index contributed by atoms with van der Waals surface area (Å²) in [7, 11) is 0. The molecule has 0 heterocycles. The van der Waals surface area contributed by atoms with Gasteiger partial charge in [0.05, 0.1) is 18.8 Å². The molecular formula is C49H99NO5. The Morgan fingerprint density at radius 2 is 0.618 bits per heavy atom. The predicted octanol–water partition coefficient (Wildman–Crippen LogP) is 13.6. The van der Waals surface area contributed by atoms with Crippen LogP contribution in [0.5, 0.6) is 0 Å². The van der Waals surface area contributed by atoms with E-state index in [-0.39, 0.29) is 0 Å². The van der Waals surface area contributed by atoms with Crippen LogP contribution in [0.4, 0.5) is 0 Å². The Bertz CT molecular complexity index is 751. The molecule has 6 heteroatoms. The van der Waals surface area contributed by atoms with Crippen molar-refractivity contribution >= 4 is 5.91 Å². The van der Waals surface area contributed by atoms with E-state index in [4.69, 9.17) is 0 Å². The molecule has 0 aliphatic carbocycles. The molecule has 0 fully saturated rings. The Hall–Kier alpha value is -0.690. The highest BCUT2D eigenvalue weighted by molar-refractivity contribution is 5.80. The number of rotatable bonds is 46. The second-order valence-corrected chi connectivity index (χ2v) is 17.5. The number of aliphatic hydroxyl groups excluding tert-OH is 4. The van der Waals surface area contributed by atoms with E-state index in [1.165, 1.54) is 212 Å². The molecule has 0 radical (unpaired) electrons. The highest BCUT2D eigenvalue weighted by atomic mass is 16.3. The van der Waals surface area contributed by atoms with Gasteiger partial charge in [-0.1, -0.05) is 264 Å². The molecule has 0 aromatic carbocycles. The zero-order chi connectivity index (χ0) is 40.3. The van der Waals surface area contributed by atoms with Crippen molar-refractivity contribution in [3.05, 3.63) is 0 Å². The van der Waals surface area contributed by atoms with Gasteiger partial charge in [-0.3, -0.25) is 4.79 Å². The standard InChI is InChI=1S/C49H99NO5/c1-3-5-7-9-11-13-15-17-19-20-21-22-23-24-25-26-27-28-29-31-32-34-36-38-40-42-46(52)48(54)45(44-51)50-49(55)47(53)43-41-39-37-35-33-30-18-16-14-12-10-8-6-4-2/h45-48,51-54H,3-44H2,1-2H3,(H,50,55). The number of nitrogens with one attached hydrogen (secondary N) is 1. The average Bonchev–Trinajstić information content (AvgIpc) is 3.19. The van der Waals surface area contributed by atoms with Gasteiger partial charge in [0, 0.05) is 0 Å². The molecule has 4 unspecified atom stereocenters. The van der Waals surface area contributed by atoms with Gasteiger partial charge in [-0.05, 0) is 12.8 Å². The van der Waals surface area contributed by atoms with Crippen molar-refractivity contribution in [1.29, 1.82) is 0 Å². The first-order valence-corrected chi connectivity index (χ1v) is 24.9. The number of unbranched alkanes of at least 4 members (excludes halogenated alkanes) is 37. The number of aliphatic hydroxyl groups is 4. The summed E-state index contributed by atoms with van der Waals surface area (Å²) in [5.41, 5.74) is 0. The van der Waals surface area contributed by atoms with Crippen LogP contribution in [-0.4, -0.2) is 57.3 Å². The van der Waals surface area contributed by atoms with Crippen molar-refractivity contribution in [3.8, 4) is 0 Å². The van der Waals surface area contributed by atoms with Crippen molar-refractivity contribution in [1.82, 2.24) is 5.32 Å². The van der Waals surface area contributed by atoms with Gasteiger partial charge in [0.15, 0.2) is 0 Å². The first-order valence-electron chi connectivity index (χ1n) is 24.9. The fourth-order valence-corrected chi connectivity index (χ4v) is 8.11. The highest BCUT2D eigenvalue weighted by Crippen LogP contribution is 2.18. The molecule has 5 N–H and O–H groups in total. The Morgan fingerprint density at radius 1 is 0.382 bits per heavy atom. The minimum absolute atomic E-state index is 0.375. The van der Waals surface area contributed by atoms with E-state index in [1.54, 1.807) is 0 Å². The summed E-state index contributed by atoms with van der Waals surface area (Å²) in [6, 6.07) is -0.979. The molecule has 4 atom stereocenters. The summed E-state index contributed by atoms with van der Waals surface area (Å²) in [4.78, 5) is 12.5. The highest BCUT2D eigenvalue weighted by Gasteiger charge is 2.28. The van der Waals surface area contributed by atoms with E-state index < -0.39 is 36.9 Å². The van der Waals surface area contributed by atoms with Crippen molar-refractivity contribution in [2.45, 2.75) is 301 Å². The second-order valence-electron chi connectivity index (χ2n) is 17.5. The molecular weight excluding hydrogens is 683 g/mol. The third-order valence-corrected chi connectivity index (χ3v) is 12.1. The van der Waals surface area contributed by atoms with Gasteiger partial charge >= 0.3 is 0 Å². The van der Waals surface area contributed by atoms with Crippen LogP contribution in [0.2, 0.25) is 0 Å². The van der Waals surface area contributed by atoms with E-state index in [9.17, 15) is 25.2 Å². The average molecular weight is 782 g/mol. The van der Waals surface area contributed by atoms with Gasteiger partial charge in [0.25, 0.3) is 0 Å². The largest absolute Gasteiger partial charge is 0.394 e. The summed E-state index contributed by atoms with van der Waals surface area (Å²) in [6.45, 7) is 4.08. The molecule has 55 heavy (non-hydrogen) atoms. The minimum atomic E-state index is -1.25. The second kappa shape index (κ2) is 44.4. The summed E-state index contributed by atoms with van der Waals surface area (Å²) in [5, 5.41) is 43.8. The van der Waals surface area contributed by atoms with Crippen molar-refractivity contribution < 1.29 is 25.2 Å². The number of carbonyl (C=O) groups excluding carboxylic acids is 1. The van der Waals surface area contributed by atoms with Gasteiger partial charge in [0.1, 0.15) is 12.2 Å². The number of carbonyl (C=O) groups is 1. The van der Waals surface area contributed by atoms with Gasteiger partial charge < -0.3 is 25.7 Å². The predicted molar refractivity (Wildman–Crippen MR) is 238 cm³/mol. The van der Waals surface area contributed by atoms with Crippen molar-refractivity contribution in [2.24, 2.45) is 0 Å². The molecule has 0 aromatic rings. The lowest BCUT2D eigenvalue weighted by atomic mass is 9.99. The molecule has 0 saturated heterocycles. The Labute approximate surface area is 343 Å². The SMILES string of the molecule is CCCCCCCCCCCCCCCCCCCCCCCCCCCC(O)C(O)C(CO)NC(=O)C(O)CCCCCCCCCCCCCCCC. The summed E-state index contributed by atoms with van der Waals surface area (Å²) in [5.74, 6) is -0.579. The van der Waals surface area contributed by atoms with Crippen LogP contribution < -0.4 is 5.32 Å². The number of hydrogen-bond acceptors (Lipinski definition) is 5. The van der Waals surface area contributed by atoms with Gasteiger partial charge in [-0.25, -0.2) is 0 Å². The van der Waals surface area contributed by atoms with E-state index in [0.29, 0.717) is 12.8 Å². The Balaban J connectivity index is 3.60. The van der Waals surface area contributed by atoms with Crippen LogP contribution in [0.25, 0.3) is 0 Å². The van der Waals surface area contributed by atoms with Gasteiger partial charge in [-0.15, -0.1) is 0 Å². The Kier molecular flexibility index (Phi) is 43.9. The molecule has 0 aromatic heterocycles. The van der Waals surface area contributed by atoms with Crippen molar-refractivity contribution in [2.75, 3.05) is 6.61 Å². The molecule has 0 bridgehead atoms. The molecule has 0 spiro atoms. The lowest BCUT2D eigenvalue weighted by Gasteiger charge is -2.27. The molecule has 0 rings (SSSR count). The number of hydrogen-bond donors (Lipinski definition) is 5. The lowest BCUT2D eigenvalue weighted by molar-refractivity contribution is -0.132. The maximum atomic E-state index is 12.5. The minimum Gasteiger partial charge on any atom is -0.394 e. The van der Waals surface area contributed by atoms with Crippen LogP contribution in [0.15, 0.2) is 0 Å². The first-order chi connectivity index (χ1) is 27.0. The molecule has 0 aliphatic heterocycles. The van der Waals surface area contributed by atoms with E-state index in [1.807, 2.05) is 0 Å². The van der Waals surface area contributed by atoms with Crippen LogP contribution >= 0.6 is 0 Å². The normalized spacial score (nSPS) is 13.9. The quantitative estimate of drug-likeness (QED) is 0.0395. The monoisotopic (exact) mass is 782 g/mol.